The van der Waals surface area contributed by atoms with Crippen LogP contribution < -0.4 is 5.32 Å². The Kier molecular flexibility index (Phi) is 5.98. The fraction of sp³-hybridized carbons (Fsp3) is 0.474. The van der Waals surface area contributed by atoms with E-state index in [1.165, 1.54) is 27.5 Å². The first kappa shape index (κ1) is 20.0. The lowest BCUT2D eigenvalue weighted by molar-refractivity contribution is -0.120. The van der Waals surface area contributed by atoms with Gasteiger partial charge in [-0.15, -0.1) is 11.3 Å². The SMILES string of the molecule is CC(C)c1ccc(-c2csc(NC(=O)C3CCN(S(C)(=O)=O)CC3)n2)cc1. The zero-order valence-corrected chi connectivity index (χ0v) is 17.4. The van der Waals surface area contributed by atoms with Crippen LogP contribution in [0.25, 0.3) is 11.3 Å². The zero-order valence-electron chi connectivity index (χ0n) is 15.8. The minimum Gasteiger partial charge on any atom is -0.302 e. The molecule has 0 aliphatic carbocycles. The number of anilines is 1. The molecule has 1 aromatic heterocycles. The van der Waals surface area contributed by atoms with E-state index in [1.54, 1.807) is 0 Å². The van der Waals surface area contributed by atoms with Gasteiger partial charge in [0, 0.05) is 30.0 Å². The van der Waals surface area contributed by atoms with Crippen LogP contribution in [0.2, 0.25) is 0 Å². The average molecular weight is 408 g/mol. The third-order valence-electron chi connectivity index (χ3n) is 4.90. The van der Waals surface area contributed by atoms with E-state index in [4.69, 9.17) is 0 Å². The predicted molar refractivity (Wildman–Crippen MR) is 109 cm³/mol. The normalized spacial score (nSPS) is 16.6. The number of nitrogens with zero attached hydrogens (tertiary/aromatic N) is 2. The van der Waals surface area contributed by atoms with Crippen LogP contribution in [0.5, 0.6) is 0 Å². The summed E-state index contributed by atoms with van der Waals surface area (Å²) >= 11 is 1.40. The Balaban J connectivity index is 1.60. The van der Waals surface area contributed by atoms with Gasteiger partial charge >= 0.3 is 0 Å². The van der Waals surface area contributed by atoms with Crippen LogP contribution in [0.3, 0.4) is 0 Å². The van der Waals surface area contributed by atoms with Crippen LogP contribution in [0, 0.1) is 5.92 Å². The molecule has 1 aliphatic rings. The van der Waals surface area contributed by atoms with Crippen molar-refractivity contribution in [1.82, 2.24) is 9.29 Å². The van der Waals surface area contributed by atoms with E-state index in [9.17, 15) is 13.2 Å². The summed E-state index contributed by atoms with van der Waals surface area (Å²) in [6.07, 6.45) is 2.28. The second kappa shape index (κ2) is 8.08. The maximum atomic E-state index is 12.5. The number of nitrogens with one attached hydrogen (secondary N) is 1. The van der Waals surface area contributed by atoms with E-state index >= 15 is 0 Å². The smallest absolute Gasteiger partial charge is 0.229 e. The molecule has 146 valence electrons. The van der Waals surface area contributed by atoms with Crippen molar-refractivity contribution < 1.29 is 13.2 Å². The first-order chi connectivity index (χ1) is 12.7. The molecule has 6 nitrogen and oxygen atoms in total. The Morgan fingerprint density at radius 1 is 1.22 bits per heavy atom. The third-order valence-corrected chi connectivity index (χ3v) is 6.96. The number of hydrogen-bond acceptors (Lipinski definition) is 5. The lowest BCUT2D eigenvalue weighted by Gasteiger charge is -2.29. The van der Waals surface area contributed by atoms with E-state index in [0.717, 1.165) is 11.3 Å². The monoisotopic (exact) mass is 407 g/mol. The molecule has 1 aromatic carbocycles. The number of sulfonamides is 1. The largest absolute Gasteiger partial charge is 0.302 e. The van der Waals surface area contributed by atoms with Crippen molar-refractivity contribution in [3.05, 3.63) is 35.2 Å². The Morgan fingerprint density at radius 2 is 1.85 bits per heavy atom. The van der Waals surface area contributed by atoms with Gasteiger partial charge in [0.1, 0.15) is 0 Å². The van der Waals surface area contributed by atoms with Crippen LogP contribution in [-0.2, 0) is 14.8 Å². The Bertz CT molecular complexity index is 897. The molecule has 1 aliphatic heterocycles. The molecular weight excluding hydrogens is 382 g/mol. The van der Waals surface area contributed by atoms with Gasteiger partial charge in [0.2, 0.25) is 15.9 Å². The molecule has 0 unspecified atom stereocenters. The van der Waals surface area contributed by atoms with E-state index in [-0.39, 0.29) is 11.8 Å². The van der Waals surface area contributed by atoms with Gasteiger partial charge < -0.3 is 5.32 Å². The maximum absolute atomic E-state index is 12.5. The molecule has 0 radical (unpaired) electrons. The number of rotatable bonds is 5. The lowest BCUT2D eigenvalue weighted by atomic mass is 9.97. The summed E-state index contributed by atoms with van der Waals surface area (Å²) in [5, 5.41) is 5.40. The lowest BCUT2D eigenvalue weighted by Crippen LogP contribution is -2.40. The van der Waals surface area contributed by atoms with Gasteiger partial charge in [-0.1, -0.05) is 38.1 Å². The van der Waals surface area contributed by atoms with Gasteiger partial charge in [-0.05, 0) is 24.3 Å². The summed E-state index contributed by atoms with van der Waals surface area (Å²) in [7, 11) is -3.18. The number of amides is 1. The van der Waals surface area contributed by atoms with Gasteiger partial charge in [-0.2, -0.15) is 0 Å². The Morgan fingerprint density at radius 3 is 2.41 bits per heavy atom. The number of thiazole rings is 1. The average Bonchev–Trinajstić information content (AvgIpc) is 3.09. The summed E-state index contributed by atoms with van der Waals surface area (Å²) in [6.45, 7) is 5.10. The highest BCUT2D eigenvalue weighted by atomic mass is 32.2. The summed E-state index contributed by atoms with van der Waals surface area (Å²) in [4.78, 5) is 17.0. The Labute approximate surface area is 164 Å². The number of piperidine rings is 1. The first-order valence-corrected chi connectivity index (χ1v) is 11.8. The van der Waals surface area contributed by atoms with Crippen LogP contribution in [0.15, 0.2) is 29.6 Å². The molecule has 8 heteroatoms. The molecule has 0 atom stereocenters. The van der Waals surface area contributed by atoms with E-state index in [0.29, 0.717) is 37.0 Å². The molecule has 0 bridgehead atoms. The van der Waals surface area contributed by atoms with E-state index in [1.807, 2.05) is 5.38 Å². The predicted octanol–water partition coefficient (Wildman–Crippen LogP) is 3.54. The van der Waals surface area contributed by atoms with Gasteiger partial charge in [-0.25, -0.2) is 17.7 Å². The number of carbonyl (C=O) groups excluding carboxylic acids is 1. The van der Waals surface area contributed by atoms with Crippen molar-refractivity contribution in [3.8, 4) is 11.3 Å². The summed E-state index contributed by atoms with van der Waals surface area (Å²) in [5.41, 5.74) is 3.15. The second-order valence-corrected chi connectivity index (χ2v) is 10.1. The molecule has 3 rings (SSSR count). The molecule has 2 heterocycles. The Hall–Kier alpha value is -1.77. The second-order valence-electron chi connectivity index (χ2n) is 7.24. The molecule has 1 amide bonds. The van der Waals surface area contributed by atoms with Crippen molar-refractivity contribution >= 4 is 32.4 Å². The van der Waals surface area contributed by atoms with Crippen molar-refractivity contribution in [1.29, 1.82) is 0 Å². The highest BCUT2D eigenvalue weighted by Gasteiger charge is 2.29. The number of benzene rings is 1. The van der Waals surface area contributed by atoms with Crippen LogP contribution >= 0.6 is 11.3 Å². The minimum atomic E-state index is -3.18. The number of hydrogen-bond donors (Lipinski definition) is 1. The summed E-state index contributed by atoms with van der Waals surface area (Å²) < 4.78 is 24.6. The van der Waals surface area contributed by atoms with Crippen molar-refractivity contribution in [3.63, 3.8) is 0 Å². The topological polar surface area (TPSA) is 79.4 Å². The van der Waals surface area contributed by atoms with Crippen molar-refractivity contribution in [2.75, 3.05) is 24.7 Å². The van der Waals surface area contributed by atoms with E-state index in [2.05, 4.69) is 48.4 Å². The van der Waals surface area contributed by atoms with Crippen LogP contribution in [0.4, 0.5) is 5.13 Å². The number of aromatic nitrogens is 1. The van der Waals surface area contributed by atoms with Gasteiger partial charge in [0.15, 0.2) is 5.13 Å². The van der Waals surface area contributed by atoms with Gasteiger partial charge in [-0.3, -0.25) is 4.79 Å². The highest BCUT2D eigenvalue weighted by molar-refractivity contribution is 7.88. The van der Waals surface area contributed by atoms with Crippen molar-refractivity contribution in [2.24, 2.45) is 5.92 Å². The summed E-state index contributed by atoms with van der Waals surface area (Å²) in [6, 6.07) is 8.31. The highest BCUT2D eigenvalue weighted by Crippen LogP contribution is 2.28. The van der Waals surface area contributed by atoms with Gasteiger partial charge in [0.05, 0.1) is 11.9 Å². The summed E-state index contributed by atoms with van der Waals surface area (Å²) in [5.74, 6) is 0.221. The molecule has 0 saturated carbocycles. The molecular formula is C19H25N3O3S2. The minimum absolute atomic E-state index is 0.0841. The molecule has 0 spiro atoms. The quantitative estimate of drug-likeness (QED) is 0.822. The van der Waals surface area contributed by atoms with E-state index < -0.39 is 10.0 Å². The van der Waals surface area contributed by atoms with Gasteiger partial charge in [0.25, 0.3) is 0 Å². The van der Waals surface area contributed by atoms with Crippen LogP contribution in [-0.4, -0.2) is 43.0 Å². The fourth-order valence-corrected chi connectivity index (χ4v) is 4.76. The molecule has 1 N–H and O–H groups in total. The van der Waals surface area contributed by atoms with Crippen LogP contribution in [0.1, 0.15) is 38.2 Å². The number of carbonyl (C=O) groups is 1. The first-order valence-electron chi connectivity index (χ1n) is 9.06. The fourth-order valence-electron chi connectivity index (χ4n) is 3.16. The third kappa shape index (κ3) is 4.94. The standard InChI is InChI=1S/C19H25N3O3S2/c1-13(2)14-4-6-15(7-5-14)17-12-26-19(20-17)21-18(23)16-8-10-22(11-9-16)27(3,24)25/h4-7,12-13,16H,8-11H2,1-3H3,(H,20,21,23). The maximum Gasteiger partial charge on any atom is 0.229 e. The molecule has 1 saturated heterocycles. The molecule has 1 fully saturated rings. The zero-order chi connectivity index (χ0) is 19.6. The molecule has 2 aromatic rings. The van der Waals surface area contributed by atoms with Crippen molar-refractivity contribution in [2.45, 2.75) is 32.6 Å². The molecule has 27 heavy (non-hydrogen) atoms.